The standard InChI is InChI=1S/C26H28N6OS/c33-25(30-17-15-29(16-18-30)24-10-4-5-12-27-24)11-19-34-21-22-20-28-32(23-8-2-1-3-9-23)26(22)31-13-6-7-14-31/h1-10,12-14,20H,11,15-19,21H2. The smallest absolute Gasteiger partial charge is 0.223 e. The Bertz CT molecular complexity index is 1180. The fraction of sp³-hybridized carbons (Fsp3) is 0.269. The van der Waals surface area contributed by atoms with E-state index in [0.717, 1.165) is 60.6 Å². The zero-order valence-electron chi connectivity index (χ0n) is 19.0. The Labute approximate surface area is 204 Å². The first kappa shape index (κ1) is 22.3. The number of aromatic nitrogens is 4. The Hall–Kier alpha value is -3.52. The van der Waals surface area contributed by atoms with Gasteiger partial charge in [0.25, 0.3) is 0 Å². The van der Waals surface area contributed by atoms with E-state index in [1.165, 1.54) is 0 Å². The molecule has 0 atom stereocenters. The summed E-state index contributed by atoms with van der Waals surface area (Å²) in [5, 5.41) is 4.66. The van der Waals surface area contributed by atoms with Crippen LogP contribution < -0.4 is 4.90 Å². The molecule has 1 aliphatic heterocycles. The third kappa shape index (κ3) is 5.02. The van der Waals surface area contributed by atoms with E-state index >= 15 is 0 Å². The van der Waals surface area contributed by atoms with Crippen LogP contribution in [0, 0.1) is 0 Å². The summed E-state index contributed by atoms with van der Waals surface area (Å²) in [4.78, 5) is 21.4. The minimum atomic E-state index is 0.235. The molecule has 0 radical (unpaired) electrons. The summed E-state index contributed by atoms with van der Waals surface area (Å²) in [6.07, 6.45) is 8.39. The Morgan fingerprint density at radius 2 is 1.68 bits per heavy atom. The van der Waals surface area contributed by atoms with E-state index in [9.17, 15) is 4.79 Å². The normalized spacial score (nSPS) is 13.9. The van der Waals surface area contributed by atoms with E-state index in [1.54, 1.807) is 11.8 Å². The number of carbonyl (C=O) groups excluding carboxylic acids is 1. The molecule has 8 heteroatoms. The topological polar surface area (TPSA) is 59.2 Å². The molecule has 4 aromatic rings. The van der Waals surface area contributed by atoms with Crippen LogP contribution in [0.5, 0.6) is 0 Å². The monoisotopic (exact) mass is 472 g/mol. The molecular formula is C26H28N6OS. The molecule has 1 aromatic carbocycles. The van der Waals surface area contributed by atoms with Crippen LogP contribution in [0.3, 0.4) is 0 Å². The maximum absolute atomic E-state index is 12.8. The molecule has 3 aromatic heterocycles. The van der Waals surface area contributed by atoms with E-state index in [-0.39, 0.29) is 5.91 Å². The van der Waals surface area contributed by atoms with Crippen LogP contribution in [-0.4, -0.2) is 62.1 Å². The summed E-state index contributed by atoms with van der Waals surface area (Å²) in [5.41, 5.74) is 2.18. The molecule has 0 unspecified atom stereocenters. The Morgan fingerprint density at radius 3 is 2.41 bits per heavy atom. The van der Waals surface area contributed by atoms with Gasteiger partial charge in [0.2, 0.25) is 5.91 Å². The Kier molecular flexibility index (Phi) is 6.95. The number of benzene rings is 1. The third-order valence-electron chi connectivity index (χ3n) is 5.99. The Balaban J connectivity index is 1.15. The van der Waals surface area contributed by atoms with Crippen molar-refractivity contribution in [3.05, 3.63) is 91.0 Å². The predicted molar refractivity (Wildman–Crippen MR) is 137 cm³/mol. The van der Waals surface area contributed by atoms with Crippen molar-refractivity contribution in [3.8, 4) is 11.5 Å². The average molecular weight is 473 g/mol. The maximum atomic E-state index is 12.8. The largest absolute Gasteiger partial charge is 0.353 e. The number of rotatable bonds is 8. The van der Waals surface area contributed by atoms with Gasteiger partial charge in [-0.25, -0.2) is 9.67 Å². The highest BCUT2D eigenvalue weighted by atomic mass is 32.2. The first-order valence-electron chi connectivity index (χ1n) is 11.6. The second-order valence-corrected chi connectivity index (χ2v) is 9.29. The average Bonchev–Trinajstić information content (AvgIpc) is 3.58. The zero-order valence-corrected chi connectivity index (χ0v) is 19.8. The molecule has 4 heterocycles. The molecule has 0 N–H and O–H groups in total. The number of hydrogen-bond acceptors (Lipinski definition) is 5. The molecule has 0 bridgehead atoms. The molecule has 0 saturated carbocycles. The highest BCUT2D eigenvalue weighted by Gasteiger charge is 2.21. The number of anilines is 1. The van der Waals surface area contributed by atoms with Crippen molar-refractivity contribution in [2.45, 2.75) is 12.2 Å². The summed E-state index contributed by atoms with van der Waals surface area (Å²) >= 11 is 1.78. The van der Waals surface area contributed by atoms with Crippen molar-refractivity contribution in [2.24, 2.45) is 0 Å². The molecule has 5 rings (SSSR count). The maximum Gasteiger partial charge on any atom is 0.223 e. The van der Waals surface area contributed by atoms with E-state index in [4.69, 9.17) is 0 Å². The summed E-state index contributed by atoms with van der Waals surface area (Å²) in [6, 6.07) is 20.2. The minimum absolute atomic E-state index is 0.235. The van der Waals surface area contributed by atoms with Gasteiger partial charge in [-0.1, -0.05) is 24.3 Å². The van der Waals surface area contributed by atoms with Crippen LogP contribution in [0.4, 0.5) is 5.82 Å². The molecule has 1 aliphatic rings. The quantitative estimate of drug-likeness (QED) is 0.363. The van der Waals surface area contributed by atoms with Crippen molar-refractivity contribution >= 4 is 23.5 Å². The summed E-state index contributed by atoms with van der Waals surface area (Å²) < 4.78 is 4.07. The molecule has 34 heavy (non-hydrogen) atoms. The van der Waals surface area contributed by atoms with Crippen LogP contribution in [0.15, 0.2) is 85.5 Å². The lowest BCUT2D eigenvalue weighted by Gasteiger charge is -2.35. The number of para-hydroxylation sites is 1. The molecule has 0 spiro atoms. The molecule has 7 nitrogen and oxygen atoms in total. The predicted octanol–water partition coefficient (Wildman–Crippen LogP) is 4.03. The number of hydrogen-bond donors (Lipinski definition) is 0. The van der Waals surface area contributed by atoms with E-state index in [2.05, 4.69) is 31.7 Å². The number of pyridine rings is 1. The summed E-state index contributed by atoms with van der Waals surface area (Å²) in [7, 11) is 0. The van der Waals surface area contributed by atoms with Crippen molar-refractivity contribution in [2.75, 3.05) is 36.8 Å². The summed E-state index contributed by atoms with van der Waals surface area (Å²) in [6.45, 7) is 3.16. The van der Waals surface area contributed by atoms with Gasteiger partial charge in [0.1, 0.15) is 11.6 Å². The van der Waals surface area contributed by atoms with Crippen LogP contribution >= 0.6 is 11.8 Å². The van der Waals surface area contributed by atoms with Crippen molar-refractivity contribution in [1.29, 1.82) is 0 Å². The van der Waals surface area contributed by atoms with Gasteiger partial charge in [-0.3, -0.25) is 4.79 Å². The van der Waals surface area contributed by atoms with Crippen molar-refractivity contribution in [1.82, 2.24) is 24.2 Å². The molecular weight excluding hydrogens is 444 g/mol. The number of thioether (sulfide) groups is 1. The second kappa shape index (κ2) is 10.6. The molecule has 1 amide bonds. The van der Waals surface area contributed by atoms with Crippen LogP contribution in [-0.2, 0) is 10.5 Å². The number of carbonyl (C=O) groups is 1. The zero-order chi connectivity index (χ0) is 23.2. The van der Waals surface area contributed by atoms with Gasteiger partial charge in [-0.2, -0.15) is 16.9 Å². The number of piperazine rings is 1. The fourth-order valence-electron chi connectivity index (χ4n) is 4.21. The van der Waals surface area contributed by atoms with E-state index in [1.807, 2.05) is 82.9 Å². The lowest BCUT2D eigenvalue weighted by molar-refractivity contribution is -0.131. The van der Waals surface area contributed by atoms with Gasteiger partial charge in [-0.15, -0.1) is 0 Å². The van der Waals surface area contributed by atoms with Gasteiger partial charge < -0.3 is 14.4 Å². The highest BCUT2D eigenvalue weighted by Crippen LogP contribution is 2.24. The van der Waals surface area contributed by atoms with Gasteiger partial charge in [0, 0.05) is 68.3 Å². The lowest BCUT2D eigenvalue weighted by Crippen LogP contribution is -2.49. The SMILES string of the molecule is O=C(CCSCc1cnn(-c2ccccc2)c1-n1cccc1)N1CCN(c2ccccn2)CC1. The van der Waals surface area contributed by atoms with Gasteiger partial charge in [-0.05, 0) is 36.4 Å². The fourth-order valence-corrected chi connectivity index (χ4v) is 5.10. The second-order valence-electron chi connectivity index (χ2n) is 8.19. The number of nitrogens with zero attached hydrogens (tertiary/aromatic N) is 6. The summed E-state index contributed by atoms with van der Waals surface area (Å²) in [5.74, 6) is 3.86. The molecule has 174 valence electrons. The highest BCUT2D eigenvalue weighted by molar-refractivity contribution is 7.98. The Morgan fingerprint density at radius 1 is 0.912 bits per heavy atom. The van der Waals surface area contributed by atoms with Gasteiger partial charge in [0.05, 0.1) is 11.9 Å². The lowest BCUT2D eigenvalue weighted by atomic mass is 10.3. The molecule has 0 aliphatic carbocycles. The third-order valence-corrected chi connectivity index (χ3v) is 7.00. The van der Waals surface area contributed by atoms with Crippen LogP contribution in [0.2, 0.25) is 0 Å². The van der Waals surface area contributed by atoms with Crippen molar-refractivity contribution < 1.29 is 4.79 Å². The van der Waals surface area contributed by atoms with Crippen LogP contribution in [0.25, 0.3) is 11.5 Å². The first-order valence-corrected chi connectivity index (χ1v) is 12.7. The van der Waals surface area contributed by atoms with Crippen LogP contribution in [0.1, 0.15) is 12.0 Å². The number of amides is 1. The first-order chi connectivity index (χ1) is 16.8. The van der Waals surface area contributed by atoms with Gasteiger partial charge >= 0.3 is 0 Å². The van der Waals surface area contributed by atoms with Gasteiger partial charge in [0.15, 0.2) is 0 Å². The minimum Gasteiger partial charge on any atom is -0.353 e. The van der Waals surface area contributed by atoms with E-state index in [0.29, 0.717) is 6.42 Å². The van der Waals surface area contributed by atoms with E-state index < -0.39 is 0 Å². The van der Waals surface area contributed by atoms with Crippen molar-refractivity contribution in [3.63, 3.8) is 0 Å². The molecule has 1 fully saturated rings. The molecule has 1 saturated heterocycles.